The molecule has 2 heterocycles. The first-order chi connectivity index (χ1) is 12.7. The van der Waals surface area contributed by atoms with E-state index in [1.165, 1.54) is 23.2 Å². The molecule has 5 nitrogen and oxygen atoms in total. The monoisotopic (exact) mass is 368 g/mol. The zero-order valence-corrected chi connectivity index (χ0v) is 17.0. The summed E-state index contributed by atoms with van der Waals surface area (Å²) in [7, 11) is 2.03. The van der Waals surface area contributed by atoms with Crippen molar-refractivity contribution < 1.29 is 14.4 Å². The standard InChI is InChI=1S/C22H30N3O2/c1-21(2)9-6-10-22(3,4)25(21)27-26-20-8-7-17-13-19(14-18(17)15-20)24-12-11-23(5)16-24/h7-8,11-13,15-16H,6,9-10,14H2,1-5H3/q+1. The smallest absolute Gasteiger partial charge is 0.248 e. The molecule has 1 aromatic carbocycles. The Kier molecular flexibility index (Phi) is 4.40. The largest absolute Gasteiger partial charge is 0.319 e. The van der Waals surface area contributed by atoms with Crippen LogP contribution in [0.25, 0.3) is 11.8 Å². The van der Waals surface area contributed by atoms with Crippen molar-refractivity contribution in [3.05, 3.63) is 48.0 Å². The quantitative estimate of drug-likeness (QED) is 0.462. The van der Waals surface area contributed by atoms with Crippen LogP contribution < -0.4 is 9.45 Å². The number of fused-ring (bicyclic) bond motifs is 1. The summed E-state index contributed by atoms with van der Waals surface area (Å²) in [6, 6.07) is 6.18. The van der Waals surface area contributed by atoms with Crippen molar-refractivity contribution in [3.63, 3.8) is 0 Å². The average Bonchev–Trinajstić information content (AvgIpc) is 3.18. The van der Waals surface area contributed by atoms with Gasteiger partial charge in [-0.1, -0.05) is 11.1 Å². The molecule has 0 saturated carbocycles. The molecule has 2 aromatic rings. The topological polar surface area (TPSA) is 30.5 Å². The number of aryl methyl sites for hydroxylation is 1. The fourth-order valence-corrected chi connectivity index (χ4v) is 4.40. The lowest BCUT2D eigenvalue weighted by Crippen LogP contribution is -2.58. The Morgan fingerprint density at radius 2 is 1.81 bits per heavy atom. The van der Waals surface area contributed by atoms with Crippen LogP contribution in [0.3, 0.4) is 0 Å². The number of nitrogens with zero attached hydrogens (tertiary/aromatic N) is 3. The van der Waals surface area contributed by atoms with E-state index >= 15 is 0 Å². The van der Waals surface area contributed by atoms with E-state index < -0.39 is 0 Å². The first-order valence-electron chi connectivity index (χ1n) is 9.77. The minimum atomic E-state index is -0.0445. The Labute approximate surface area is 161 Å². The van der Waals surface area contributed by atoms with E-state index in [4.69, 9.17) is 9.88 Å². The molecule has 1 aliphatic carbocycles. The molecule has 0 radical (unpaired) electrons. The van der Waals surface area contributed by atoms with Crippen LogP contribution in [0.15, 0.2) is 36.9 Å². The summed E-state index contributed by atoms with van der Waals surface area (Å²) in [5.74, 6) is 0.749. The van der Waals surface area contributed by atoms with Crippen molar-refractivity contribution in [1.82, 2.24) is 9.63 Å². The lowest BCUT2D eigenvalue weighted by molar-refractivity contribution is -0.670. The van der Waals surface area contributed by atoms with E-state index in [2.05, 4.69) is 63.0 Å². The summed E-state index contributed by atoms with van der Waals surface area (Å²) >= 11 is 0. The lowest BCUT2D eigenvalue weighted by Gasteiger charge is -2.49. The average molecular weight is 369 g/mol. The number of hydroxylamine groups is 2. The SMILES string of the molecule is C[n+]1ccn(C2=Cc3ccc(OON4C(C)(C)CCCC4(C)C)cc3C2)c1. The third-order valence-corrected chi connectivity index (χ3v) is 5.79. The summed E-state index contributed by atoms with van der Waals surface area (Å²) in [6.07, 6.45) is 12.8. The van der Waals surface area contributed by atoms with Gasteiger partial charge in [-0.2, -0.15) is 0 Å². The van der Waals surface area contributed by atoms with Crippen LogP contribution in [0.4, 0.5) is 0 Å². The minimum absolute atomic E-state index is 0.0445. The Morgan fingerprint density at radius 1 is 1.07 bits per heavy atom. The summed E-state index contributed by atoms with van der Waals surface area (Å²) in [6.45, 7) is 8.86. The highest BCUT2D eigenvalue weighted by molar-refractivity contribution is 5.80. The van der Waals surface area contributed by atoms with Crippen LogP contribution in [-0.2, 0) is 18.5 Å². The van der Waals surface area contributed by atoms with Crippen molar-refractivity contribution in [3.8, 4) is 5.75 Å². The molecule has 4 rings (SSSR count). The molecule has 1 aliphatic heterocycles. The van der Waals surface area contributed by atoms with Gasteiger partial charge in [-0.05, 0) is 76.3 Å². The molecule has 5 heteroatoms. The van der Waals surface area contributed by atoms with Gasteiger partial charge in [-0.25, -0.2) is 9.13 Å². The van der Waals surface area contributed by atoms with Gasteiger partial charge in [0.25, 0.3) is 0 Å². The first kappa shape index (κ1) is 18.3. The number of hydrogen-bond acceptors (Lipinski definition) is 3. The van der Waals surface area contributed by atoms with Gasteiger partial charge in [0.2, 0.25) is 6.33 Å². The Bertz CT molecular complexity index is 863. The van der Waals surface area contributed by atoms with Gasteiger partial charge < -0.3 is 4.89 Å². The minimum Gasteiger partial charge on any atom is -0.319 e. The molecule has 1 aromatic heterocycles. The highest BCUT2D eigenvalue weighted by Gasteiger charge is 2.43. The van der Waals surface area contributed by atoms with Crippen LogP contribution in [0.2, 0.25) is 0 Å². The van der Waals surface area contributed by atoms with Gasteiger partial charge in [0, 0.05) is 17.5 Å². The normalized spacial score (nSPS) is 21.0. The van der Waals surface area contributed by atoms with Gasteiger partial charge in [-0.3, -0.25) is 0 Å². The molecule has 0 bridgehead atoms. The van der Waals surface area contributed by atoms with E-state index in [-0.39, 0.29) is 11.1 Å². The number of aromatic nitrogens is 2. The number of hydrogen-bond donors (Lipinski definition) is 0. The molecule has 0 amide bonds. The molecular formula is C22H30N3O2+. The van der Waals surface area contributed by atoms with Crippen LogP contribution in [0.5, 0.6) is 5.75 Å². The first-order valence-corrected chi connectivity index (χ1v) is 9.77. The number of allylic oxidation sites excluding steroid dienone is 1. The molecule has 0 unspecified atom stereocenters. The molecule has 1 saturated heterocycles. The zero-order chi connectivity index (χ0) is 19.2. The maximum Gasteiger partial charge on any atom is 0.248 e. The molecule has 0 atom stereocenters. The highest BCUT2D eigenvalue weighted by Crippen LogP contribution is 2.39. The second kappa shape index (κ2) is 6.50. The van der Waals surface area contributed by atoms with E-state index in [9.17, 15) is 0 Å². The number of benzene rings is 1. The molecule has 27 heavy (non-hydrogen) atoms. The van der Waals surface area contributed by atoms with Crippen LogP contribution >= 0.6 is 0 Å². The molecule has 1 fully saturated rings. The van der Waals surface area contributed by atoms with E-state index in [1.54, 1.807) is 0 Å². The summed E-state index contributed by atoms with van der Waals surface area (Å²) in [5, 5.41) is 2.03. The Morgan fingerprint density at radius 3 is 2.48 bits per heavy atom. The van der Waals surface area contributed by atoms with Crippen molar-refractivity contribution in [1.29, 1.82) is 0 Å². The predicted molar refractivity (Wildman–Crippen MR) is 105 cm³/mol. The van der Waals surface area contributed by atoms with Crippen molar-refractivity contribution >= 4 is 11.8 Å². The molecule has 0 spiro atoms. The van der Waals surface area contributed by atoms with E-state index in [0.29, 0.717) is 0 Å². The third kappa shape index (κ3) is 3.54. The van der Waals surface area contributed by atoms with Crippen molar-refractivity contribution in [2.24, 2.45) is 7.05 Å². The third-order valence-electron chi connectivity index (χ3n) is 5.79. The van der Waals surface area contributed by atoms with E-state index in [1.807, 2.05) is 28.9 Å². The second-order valence-corrected chi connectivity index (χ2v) is 9.09. The summed E-state index contributed by atoms with van der Waals surface area (Å²) < 4.78 is 4.21. The molecule has 144 valence electrons. The number of piperidine rings is 1. The maximum absolute atomic E-state index is 5.88. The highest BCUT2D eigenvalue weighted by atomic mass is 17.3. The molecule has 2 aliphatic rings. The van der Waals surface area contributed by atoms with Crippen LogP contribution in [0, 0.1) is 0 Å². The fourth-order valence-electron chi connectivity index (χ4n) is 4.40. The Balaban J connectivity index is 1.46. The predicted octanol–water partition coefficient (Wildman–Crippen LogP) is 4.14. The van der Waals surface area contributed by atoms with Gasteiger partial charge in [0.15, 0.2) is 5.75 Å². The van der Waals surface area contributed by atoms with Gasteiger partial charge in [0.1, 0.15) is 18.1 Å². The molecule has 0 N–H and O–H groups in total. The van der Waals surface area contributed by atoms with Gasteiger partial charge in [-0.15, -0.1) is 5.06 Å². The lowest BCUT2D eigenvalue weighted by atomic mass is 9.82. The fraction of sp³-hybridized carbons (Fsp3) is 0.500. The van der Waals surface area contributed by atoms with Crippen molar-refractivity contribution in [2.75, 3.05) is 0 Å². The maximum atomic E-state index is 5.88. The number of rotatable bonds is 4. The summed E-state index contributed by atoms with van der Waals surface area (Å²) in [5.41, 5.74) is 3.68. The van der Waals surface area contributed by atoms with Crippen molar-refractivity contribution in [2.45, 2.75) is 64.5 Å². The second-order valence-electron chi connectivity index (χ2n) is 9.09. The van der Waals surface area contributed by atoms with Crippen LogP contribution in [-0.4, -0.2) is 20.7 Å². The number of imidazole rings is 1. The van der Waals surface area contributed by atoms with Gasteiger partial charge >= 0.3 is 0 Å². The van der Waals surface area contributed by atoms with Gasteiger partial charge in [0.05, 0.1) is 7.05 Å². The van der Waals surface area contributed by atoms with Crippen LogP contribution in [0.1, 0.15) is 58.1 Å². The summed E-state index contributed by atoms with van der Waals surface area (Å²) in [4.78, 5) is 11.7. The Hall–Kier alpha value is -2.11. The zero-order valence-electron chi connectivity index (χ0n) is 17.0. The van der Waals surface area contributed by atoms with E-state index in [0.717, 1.165) is 25.0 Å². The molecular weight excluding hydrogens is 338 g/mol.